The first kappa shape index (κ1) is 19.8. The average Bonchev–Trinajstić information content (AvgIpc) is 3.30. The standard InChI is InChI=1S/C22H26N4O2S/c1-15-19(16(2)28-24-15)12-26-11-8-18-20(14-29-21(18)13-26)22(27)25(3)10-7-17-6-4-5-9-23-17/h4-6,9,14H,7-8,10-13H2,1-3H3. The van der Waals surface area contributed by atoms with Gasteiger partial charge in [-0.2, -0.15) is 0 Å². The number of amides is 1. The number of aryl methyl sites for hydroxylation is 2. The molecule has 3 aromatic heterocycles. The van der Waals surface area contributed by atoms with E-state index >= 15 is 0 Å². The van der Waals surface area contributed by atoms with Crippen LogP contribution in [0.2, 0.25) is 0 Å². The lowest BCUT2D eigenvalue weighted by atomic mass is 10.0. The van der Waals surface area contributed by atoms with E-state index in [0.717, 1.165) is 55.2 Å². The minimum Gasteiger partial charge on any atom is -0.361 e. The number of carbonyl (C=O) groups excluding carboxylic acids is 1. The molecule has 152 valence electrons. The fraction of sp³-hybridized carbons (Fsp3) is 0.409. The monoisotopic (exact) mass is 410 g/mol. The normalized spacial score (nSPS) is 14.0. The van der Waals surface area contributed by atoms with Crippen LogP contribution in [0.15, 0.2) is 34.3 Å². The molecule has 0 atom stereocenters. The van der Waals surface area contributed by atoms with Crippen LogP contribution in [0.1, 0.15) is 43.5 Å². The van der Waals surface area contributed by atoms with Crippen LogP contribution in [-0.4, -0.2) is 46.0 Å². The van der Waals surface area contributed by atoms with Gasteiger partial charge in [-0.05, 0) is 38.0 Å². The summed E-state index contributed by atoms with van der Waals surface area (Å²) in [5.74, 6) is 1.00. The van der Waals surface area contributed by atoms with Crippen LogP contribution in [0.3, 0.4) is 0 Å². The number of hydrogen-bond donors (Lipinski definition) is 0. The van der Waals surface area contributed by atoms with Gasteiger partial charge in [0.15, 0.2) is 0 Å². The fourth-order valence-corrected chi connectivity index (χ4v) is 4.90. The molecule has 1 aliphatic heterocycles. The molecule has 0 aliphatic carbocycles. The number of aromatic nitrogens is 2. The lowest BCUT2D eigenvalue weighted by Gasteiger charge is -2.27. The molecule has 1 aliphatic rings. The summed E-state index contributed by atoms with van der Waals surface area (Å²) in [6.45, 7) is 7.27. The number of fused-ring (bicyclic) bond motifs is 1. The zero-order chi connectivity index (χ0) is 20.4. The molecule has 29 heavy (non-hydrogen) atoms. The first-order valence-corrected chi connectivity index (χ1v) is 10.8. The van der Waals surface area contributed by atoms with Gasteiger partial charge in [-0.25, -0.2) is 0 Å². The maximum absolute atomic E-state index is 13.0. The molecule has 0 radical (unpaired) electrons. The van der Waals surface area contributed by atoms with Crippen molar-refractivity contribution < 1.29 is 9.32 Å². The Morgan fingerprint density at radius 3 is 2.93 bits per heavy atom. The van der Waals surface area contributed by atoms with Crippen molar-refractivity contribution in [1.82, 2.24) is 19.9 Å². The predicted octanol–water partition coefficient (Wildman–Crippen LogP) is 3.62. The molecule has 0 fully saturated rings. The highest BCUT2D eigenvalue weighted by Gasteiger charge is 2.26. The Labute approximate surface area is 175 Å². The van der Waals surface area contributed by atoms with Gasteiger partial charge in [0.25, 0.3) is 5.91 Å². The predicted molar refractivity (Wildman–Crippen MR) is 113 cm³/mol. The van der Waals surface area contributed by atoms with Gasteiger partial charge in [0, 0.05) is 67.4 Å². The third kappa shape index (κ3) is 4.26. The second kappa shape index (κ2) is 8.47. The van der Waals surface area contributed by atoms with Gasteiger partial charge < -0.3 is 9.42 Å². The van der Waals surface area contributed by atoms with E-state index in [-0.39, 0.29) is 5.91 Å². The highest BCUT2D eigenvalue weighted by atomic mass is 32.1. The Bertz CT molecular complexity index is 976. The van der Waals surface area contributed by atoms with Gasteiger partial charge in [-0.1, -0.05) is 11.2 Å². The summed E-state index contributed by atoms with van der Waals surface area (Å²) in [4.78, 5) is 22.9. The van der Waals surface area contributed by atoms with Crippen molar-refractivity contribution in [2.75, 3.05) is 20.1 Å². The number of likely N-dealkylation sites (N-methyl/N-ethyl adjacent to an activating group) is 1. The van der Waals surface area contributed by atoms with Gasteiger partial charge in [-0.15, -0.1) is 11.3 Å². The molecule has 6 nitrogen and oxygen atoms in total. The second-order valence-electron chi connectivity index (χ2n) is 7.61. The quantitative estimate of drug-likeness (QED) is 0.621. The minimum absolute atomic E-state index is 0.109. The molecule has 0 saturated carbocycles. The summed E-state index contributed by atoms with van der Waals surface area (Å²) < 4.78 is 5.29. The van der Waals surface area contributed by atoms with Crippen molar-refractivity contribution in [3.63, 3.8) is 0 Å². The summed E-state index contributed by atoms with van der Waals surface area (Å²) in [5.41, 5.74) is 5.24. The maximum atomic E-state index is 13.0. The second-order valence-corrected chi connectivity index (χ2v) is 8.58. The van der Waals surface area contributed by atoms with Crippen molar-refractivity contribution in [3.8, 4) is 0 Å². The third-order valence-electron chi connectivity index (χ3n) is 5.60. The topological polar surface area (TPSA) is 62.5 Å². The Morgan fingerprint density at radius 2 is 2.21 bits per heavy atom. The van der Waals surface area contributed by atoms with Crippen LogP contribution in [0, 0.1) is 13.8 Å². The summed E-state index contributed by atoms with van der Waals surface area (Å²) in [6.07, 6.45) is 3.46. The Balaban J connectivity index is 1.40. The molecule has 0 N–H and O–H groups in total. The van der Waals surface area contributed by atoms with Crippen molar-refractivity contribution in [2.24, 2.45) is 0 Å². The van der Waals surface area contributed by atoms with E-state index in [1.54, 1.807) is 17.5 Å². The maximum Gasteiger partial charge on any atom is 0.254 e. The van der Waals surface area contributed by atoms with Crippen molar-refractivity contribution in [1.29, 1.82) is 0 Å². The van der Waals surface area contributed by atoms with Gasteiger partial charge in [-0.3, -0.25) is 14.7 Å². The smallest absolute Gasteiger partial charge is 0.254 e. The van der Waals surface area contributed by atoms with Crippen LogP contribution in [-0.2, 0) is 25.9 Å². The van der Waals surface area contributed by atoms with Crippen LogP contribution < -0.4 is 0 Å². The number of rotatable bonds is 6. The molecule has 0 saturated heterocycles. The first-order valence-electron chi connectivity index (χ1n) is 9.91. The van der Waals surface area contributed by atoms with Crippen molar-refractivity contribution in [2.45, 2.75) is 39.8 Å². The lowest BCUT2D eigenvalue weighted by Crippen LogP contribution is -2.32. The van der Waals surface area contributed by atoms with Crippen molar-refractivity contribution >= 4 is 17.2 Å². The molecule has 3 aromatic rings. The zero-order valence-corrected chi connectivity index (χ0v) is 18.0. The van der Waals surface area contributed by atoms with Crippen LogP contribution in [0.25, 0.3) is 0 Å². The summed E-state index contributed by atoms with van der Waals surface area (Å²) in [6, 6.07) is 5.89. The van der Waals surface area contributed by atoms with Crippen molar-refractivity contribution in [3.05, 3.63) is 68.5 Å². The highest BCUT2D eigenvalue weighted by Crippen LogP contribution is 2.30. The molecule has 0 bridgehead atoms. The summed E-state index contributed by atoms with van der Waals surface area (Å²) in [7, 11) is 1.88. The molecular formula is C22H26N4O2S. The average molecular weight is 411 g/mol. The fourth-order valence-electron chi connectivity index (χ4n) is 3.78. The first-order chi connectivity index (χ1) is 14.0. The minimum atomic E-state index is 0.109. The van der Waals surface area contributed by atoms with Gasteiger partial charge >= 0.3 is 0 Å². The number of pyridine rings is 1. The number of hydrogen-bond acceptors (Lipinski definition) is 6. The molecule has 4 heterocycles. The van der Waals surface area contributed by atoms with E-state index in [9.17, 15) is 4.79 Å². The molecule has 0 aromatic carbocycles. The Morgan fingerprint density at radius 1 is 1.34 bits per heavy atom. The van der Waals surface area contributed by atoms with Crippen LogP contribution in [0.4, 0.5) is 0 Å². The Hall–Kier alpha value is -2.51. The van der Waals surface area contributed by atoms with E-state index in [0.29, 0.717) is 6.54 Å². The van der Waals surface area contributed by atoms with Gasteiger partial charge in [0.1, 0.15) is 5.76 Å². The number of nitrogens with zero attached hydrogens (tertiary/aromatic N) is 4. The van der Waals surface area contributed by atoms with Gasteiger partial charge in [0.05, 0.1) is 11.3 Å². The summed E-state index contributed by atoms with van der Waals surface area (Å²) in [5, 5.41) is 6.09. The molecule has 7 heteroatoms. The van der Waals surface area contributed by atoms with Crippen LogP contribution in [0.5, 0.6) is 0 Å². The van der Waals surface area contributed by atoms with E-state index < -0.39 is 0 Å². The molecule has 4 rings (SSSR count). The van der Waals surface area contributed by atoms with E-state index in [4.69, 9.17) is 4.52 Å². The number of thiophene rings is 1. The summed E-state index contributed by atoms with van der Waals surface area (Å²) >= 11 is 1.70. The van der Waals surface area contributed by atoms with Crippen LogP contribution >= 0.6 is 11.3 Å². The molecule has 0 spiro atoms. The third-order valence-corrected chi connectivity index (χ3v) is 6.61. The number of carbonyl (C=O) groups is 1. The molecule has 1 amide bonds. The van der Waals surface area contributed by atoms with Gasteiger partial charge in [0.2, 0.25) is 0 Å². The van der Waals surface area contributed by atoms with E-state index in [1.807, 2.05) is 49.4 Å². The lowest BCUT2D eigenvalue weighted by molar-refractivity contribution is 0.0795. The SMILES string of the molecule is Cc1noc(C)c1CN1CCc2c(C(=O)N(C)CCc3ccccn3)csc2C1. The molecule has 0 unspecified atom stereocenters. The Kier molecular flexibility index (Phi) is 5.78. The van der Waals surface area contributed by atoms with E-state index in [1.165, 1.54) is 16.0 Å². The molecular weight excluding hydrogens is 384 g/mol. The highest BCUT2D eigenvalue weighted by molar-refractivity contribution is 7.10. The zero-order valence-electron chi connectivity index (χ0n) is 17.1. The largest absolute Gasteiger partial charge is 0.361 e. The van der Waals surface area contributed by atoms with E-state index in [2.05, 4.69) is 15.0 Å².